The van der Waals surface area contributed by atoms with Crippen LogP contribution >= 0.6 is 0 Å². The molecule has 0 saturated carbocycles. The van der Waals surface area contributed by atoms with Gasteiger partial charge in [-0.1, -0.05) is 0 Å². The van der Waals surface area contributed by atoms with Crippen molar-refractivity contribution in [3.05, 3.63) is 0 Å². The van der Waals surface area contributed by atoms with E-state index < -0.39 is 31.0 Å². The lowest BCUT2D eigenvalue weighted by atomic mass is 10.4. The van der Waals surface area contributed by atoms with Gasteiger partial charge in [-0.05, 0) is 13.3 Å². The Morgan fingerprint density at radius 1 is 1.50 bits per heavy atom. The number of hydrogen-bond donors (Lipinski definition) is 1. The van der Waals surface area contributed by atoms with E-state index in [-0.39, 0.29) is 23.7 Å². The van der Waals surface area contributed by atoms with Crippen molar-refractivity contribution in [2.75, 3.05) is 17.3 Å². The Balaban J connectivity index is 2.77. The second-order valence-corrected chi connectivity index (χ2v) is 8.39. The van der Waals surface area contributed by atoms with Gasteiger partial charge in [-0.15, -0.1) is 0 Å². The van der Waals surface area contributed by atoms with E-state index in [0.29, 0.717) is 0 Å². The Kier molecular flexibility index (Phi) is 3.23. The average Bonchev–Trinajstić information content (AvgIpc) is 2.27. The van der Waals surface area contributed by atoms with E-state index in [9.17, 15) is 16.8 Å². The van der Waals surface area contributed by atoms with Crippen molar-refractivity contribution in [1.29, 1.82) is 0 Å². The molecule has 0 bridgehead atoms. The largest absolute Gasteiger partial charge is 0.327 e. The van der Waals surface area contributed by atoms with Crippen LogP contribution in [0.2, 0.25) is 0 Å². The summed E-state index contributed by atoms with van der Waals surface area (Å²) >= 11 is 0. The van der Waals surface area contributed by atoms with E-state index in [1.54, 1.807) is 6.92 Å². The predicted molar refractivity (Wildman–Crippen MR) is 54.5 cm³/mol. The van der Waals surface area contributed by atoms with E-state index in [1.807, 2.05) is 0 Å². The predicted octanol–water partition coefficient (Wildman–Crippen LogP) is -1.06. The van der Waals surface area contributed by atoms with Crippen LogP contribution in [0.1, 0.15) is 13.3 Å². The van der Waals surface area contributed by atoms with Gasteiger partial charge in [0.2, 0.25) is 0 Å². The molecule has 1 heterocycles. The van der Waals surface area contributed by atoms with Crippen LogP contribution < -0.4 is 5.73 Å². The number of hydrogen-bond acceptors (Lipinski definition) is 5. The van der Waals surface area contributed by atoms with Crippen LogP contribution in [0.15, 0.2) is 0 Å². The van der Waals surface area contributed by atoms with Crippen molar-refractivity contribution < 1.29 is 16.8 Å². The molecule has 0 amide bonds. The first kappa shape index (κ1) is 11.9. The van der Waals surface area contributed by atoms with Gasteiger partial charge in [0.1, 0.15) is 0 Å². The first-order valence-corrected chi connectivity index (χ1v) is 7.94. The molecule has 1 fully saturated rings. The molecule has 84 valence electrons. The summed E-state index contributed by atoms with van der Waals surface area (Å²) in [7, 11) is -6.47. The third kappa shape index (κ3) is 2.93. The van der Waals surface area contributed by atoms with E-state index in [1.165, 1.54) is 0 Å². The maximum Gasteiger partial charge on any atom is 0.155 e. The third-order valence-electron chi connectivity index (χ3n) is 2.19. The van der Waals surface area contributed by atoms with Crippen LogP contribution in [0.4, 0.5) is 0 Å². The number of sulfone groups is 2. The van der Waals surface area contributed by atoms with E-state index in [0.717, 1.165) is 0 Å². The van der Waals surface area contributed by atoms with Gasteiger partial charge in [0.15, 0.2) is 19.7 Å². The van der Waals surface area contributed by atoms with Crippen LogP contribution in [-0.2, 0) is 19.7 Å². The van der Waals surface area contributed by atoms with Crippen LogP contribution in [0.3, 0.4) is 0 Å². The summed E-state index contributed by atoms with van der Waals surface area (Å²) in [4.78, 5) is 0. The fourth-order valence-electron chi connectivity index (χ4n) is 1.55. The molecule has 7 heteroatoms. The highest BCUT2D eigenvalue weighted by Crippen LogP contribution is 2.19. The fourth-order valence-corrected chi connectivity index (χ4v) is 6.17. The maximum atomic E-state index is 11.6. The maximum absolute atomic E-state index is 11.6. The highest BCUT2D eigenvalue weighted by Gasteiger charge is 2.37. The molecule has 0 aromatic heterocycles. The summed E-state index contributed by atoms with van der Waals surface area (Å²) in [6.45, 7) is 1.60. The third-order valence-corrected chi connectivity index (χ3v) is 6.58. The summed E-state index contributed by atoms with van der Waals surface area (Å²) in [5.74, 6) is -0.384. The number of rotatable bonds is 3. The lowest BCUT2D eigenvalue weighted by Gasteiger charge is -2.11. The molecule has 2 atom stereocenters. The zero-order chi connectivity index (χ0) is 11.0. The summed E-state index contributed by atoms with van der Waals surface area (Å²) < 4.78 is 45.3. The lowest BCUT2D eigenvalue weighted by molar-refractivity contribution is 0.576. The Bertz CT molecular complexity index is 395. The normalized spacial score (nSPS) is 28.9. The van der Waals surface area contributed by atoms with Crippen LogP contribution in [0.25, 0.3) is 0 Å². The summed E-state index contributed by atoms with van der Waals surface area (Å²) in [5, 5.41) is -0.738. The van der Waals surface area contributed by atoms with Crippen LogP contribution in [0.5, 0.6) is 0 Å². The second-order valence-electron chi connectivity index (χ2n) is 3.83. The van der Waals surface area contributed by atoms with Crippen LogP contribution in [-0.4, -0.2) is 45.4 Å². The Hall–Kier alpha value is -0.140. The van der Waals surface area contributed by atoms with Crippen molar-refractivity contribution in [3.8, 4) is 0 Å². The molecular formula is C7H15NO4S2. The first-order chi connectivity index (χ1) is 6.23. The molecule has 1 saturated heterocycles. The zero-order valence-electron chi connectivity index (χ0n) is 8.01. The minimum Gasteiger partial charge on any atom is -0.327 e. The molecule has 1 aliphatic rings. The molecule has 1 aliphatic heterocycles. The van der Waals surface area contributed by atoms with Gasteiger partial charge in [-0.3, -0.25) is 0 Å². The average molecular weight is 241 g/mol. The molecule has 5 nitrogen and oxygen atoms in total. The van der Waals surface area contributed by atoms with E-state index >= 15 is 0 Å². The molecule has 1 rings (SSSR count). The van der Waals surface area contributed by atoms with E-state index in [4.69, 9.17) is 5.73 Å². The number of nitrogens with two attached hydrogens (primary N) is 1. The monoisotopic (exact) mass is 241 g/mol. The summed E-state index contributed by atoms with van der Waals surface area (Å²) in [6, 6.07) is -0.441. The van der Waals surface area contributed by atoms with Crippen LogP contribution in [0, 0.1) is 0 Å². The Morgan fingerprint density at radius 2 is 2.07 bits per heavy atom. The lowest BCUT2D eigenvalue weighted by Crippen LogP contribution is -2.33. The van der Waals surface area contributed by atoms with Gasteiger partial charge < -0.3 is 5.73 Å². The van der Waals surface area contributed by atoms with Crippen molar-refractivity contribution >= 4 is 19.7 Å². The molecule has 2 N–H and O–H groups in total. The molecular weight excluding hydrogens is 226 g/mol. The van der Waals surface area contributed by atoms with Gasteiger partial charge in [0.05, 0.1) is 22.5 Å². The van der Waals surface area contributed by atoms with E-state index in [2.05, 4.69) is 0 Å². The van der Waals surface area contributed by atoms with Gasteiger partial charge in [0.25, 0.3) is 0 Å². The van der Waals surface area contributed by atoms with Gasteiger partial charge in [-0.2, -0.15) is 0 Å². The topological polar surface area (TPSA) is 94.3 Å². The standard InChI is InChI=1S/C7H15NO4S2/c1-6(8)4-14(11,12)7-2-3-13(9,10)5-7/h6-7H,2-5,8H2,1H3. The minimum atomic E-state index is -3.33. The quantitative estimate of drug-likeness (QED) is 0.679. The van der Waals surface area contributed by atoms with Gasteiger partial charge >= 0.3 is 0 Å². The summed E-state index contributed by atoms with van der Waals surface area (Å²) in [5.41, 5.74) is 5.39. The van der Waals surface area contributed by atoms with Gasteiger partial charge in [-0.25, -0.2) is 16.8 Å². The fraction of sp³-hybridized carbons (Fsp3) is 1.00. The van der Waals surface area contributed by atoms with Crippen molar-refractivity contribution in [3.63, 3.8) is 0 Å². The molecule has 0 aromatic rings. The molecule has 14 heavy (non-hydrogen) atoms. The Morgan fingerprint density at radius 3 is 2.43 bits per heavy atom. The minimum absolute atomic E-state index is 0.0180. The van der Waals surface area contributed by atoms with Crippen molar-refractivity contribution in [2.24, 2.45) is 5.73 Å². The highest BCUT2D eigenvalue weighted by atomic mass is 32.2. The second kappa shape index (κ2) is 3.79. The molecule has 0 aliphatic carbocycles. The highest BCUT2D eigenvalue weighted by molar-refractivity contribution is 7.96. The zero-order valence-corrected chi connectivity index (χ0v) is 9.64. The SMILES string of the molecule is CC(N)CS(=O)(=O)C1CCS(=O)(=O)C1. The van der Waals surface area contributed by atoms with Crippen molar-refractivity contribution in [2.45, 2.75) is 24.6 Å². The first-order valence-electron chi connectivity index (χ1n) is 4.40. The smallest absolute Gasteiger partial charge is 0.155 e. The summed E-state index contributed by atoms with van der Waals surface area (Å²) in [6.07, 6.45) is 0.220. The molecule has 0 radical (unpaired) electrons. The molecule has 0 spiro atoms. The molecule has 0 aromatic carbocycles. The van der Waals surface area contributed by atoms with Crippen molar-refractivity contribution in [1.82, 2.24) is 0 Å². The Labute approximate surface area is 84.5 Å². The van der Waals surface area contributed by atoms with Gasteiger partial charge in [0, 0.05) is 6.04 Å². The molecule has 2 unspecified atom stereocenters.